The minimum Gasteiger partial charge on any atom is -0.497 e. The Balaban J connectivity index is 2.77. The summed E-state index contributed by atoms with van der Waals surface area (Å²) in [5.74, 6) is 0.499. The van der Waals surface area contributed by atoms with Gasteiger partial charge in [0.15, 0.2) is 0 Å². The quantitative estimate of drug-likeness (QED) is 0.454. The van der Waals surface area contributed by atoms with Crippen LogP contribution in [0.2, 0.25) is 0 Å². The summed E-state index contributed by atoms with van der Waals surface area (Å²) >= 11 is 0. The van der Waals surface area contributed by atoms with Crippen LogP contribution < -0.4 is 4.74 Å². The van der Waals surface area contributed by atoms with E-state index in [0.717, 1.165) is 23.3 Å². The van der Waals surface area contributed by atoms with Crippen LogP contribution in [0.1, 0.15) is 18.9 Å². The summed E-state index contributed by atoms with van der Waals surface area (Å²) in [4.78, 5) is 11.1. The molecule has 0 radical (unpaired) electrons. The molecule has 0 atom stereocenters. The van der Waals surface area contributed by atoms with E-state index in [-0.39, 0.29) is 5.97 Å². The molecule has 96 valence electrons. The lowest BCUT2D eigenvalue weighted by Crippen LogP contribution is -1.95. The summed E-state index contributed by atoms with van der Waals surface area (Å²) in [5, 5.41) is 0. The first-order valence-corrected chi connectivity index (χ1v) is 5.80. The van der Waals surface area contributed by atoms with E-state index in [2.05, 4.69) is 4.74 Å². The van der Waals surface area contributed by atoms with Crippen molar-refractivity contribution in [1.29, 1.82) is 0 Å². The average Bonchev–Trinajstić information content (AvgIpc) is 2.43. The van der Waals surface area contributed by atoms with Crippen LogP contribution in [0.5, 0.6) is 5.75 Å². The topological polar surface area (TPSA) is 35.5 Å². The normalized spacial score (nSPS) is 11.6. The van der Waals surface area contributed by atoms with Crippen molar-refractivity contribution < 1.29 is 14.3 Å². The van der Waals surface area contributed by atoms with Gasteiger partial charge in [0.2, 0.25) is 0 Å². The second-order valence-electron chi connectivity index (χ2n) is 3.70. The van der Waals surface area contributed by atoms with Crippen molar-refractivity contribution in [3.63, 3.8) is 0 Å². The Hall–Kier alpha value is -2.03. The number of hydrogen-bond acceptors (Lipinski definition) is 3. The van der Waals surface area contributed by atoms with Gasteiger partial charge in [-0.1, -0.05) is 31.2 Å². The minimum atomic E-state index is -0.328. The molecule has 0 spiro atoms. The maximum Gasteiger partial charge on any atom is 0.330 e. The molecule has 0 aliphatic heterocycles. The van der Waals surface area contributed by atoms with E-state index in [1.807, 2.05) is 43.3 Å². The zero-order valence-corrected chi connectivity index (χ0v) is 11.0. The fraction of sp³-hybridized carbons (Fsp3) is 0.267. The number of carbonyl (C=O) groups excluding carboxylic acids is 1. The number of carbonyl (C=O) groups is 1. The molecule has 0 bridgehead atoms. The van der Waals surface area contributed by atoms with Gasteiger partial charge < -0.3 is 9.47 Å². The first kappa shape index (κ1) is 14.0. The molecule has 1 aromatic rings. The monoisotopic (exact) mass is 246 g/mol. The van der Waals surface area contributed by atoms with E-state index in [1.165, 1.54) is 13.2 Å². The Bertz CT molecular complexity index is 441. The number of benzene rings is 1. The molecule has 3 nitrogen and oxygen atoms in total. The molecule has 0 aliphatic rings. The number of ether oxygens (including phenoxy) is 2. The molecule has 1 rings (SSSR count). The van der Waals surface area contributed by atoms with Crippen LogP contribution in [0.25, 0.3) is 6.08 Å². The molecule has 0 saturated heterocycles. The maximum absolute atomic E-state index is 11.1. The van der Waals surface area contributed by atoms with Gasteiger partial charge in [-0.05, 0) is 29.7 Å². The Morgan fingerprint density at radius 1 is 1.22 bits per heavy atom. The van der Waals surface area contributed by atoms with Gasteiger partial charge in [-0.3, -0.25) is 0 Å². The van der Waals surface area contributed by atoms with Crippen molar-refractivity contribution in [1.82, 2.24) is 0 Å². The molecule has 18 heavy (non-hydrogen) atoms. The highest BCUT2D eigenvalue weighted by molar-refractivity contribution is 5.83. The number of methoxy groups -OCH3 is 2. The van der Waals surface area contributed by atoms with Crippen LogP contribution in [0.3, 0.4) is 0 Å². The second kappa shape index (κ2) is 7.33. The van der Waals surface area contributed by atoms with Crippen molar-refractivity contribution in [2.45, 2.75) is 13.3 Å². The van der Waals surface area contributed by atoms with E-state index >= 15 is 0 Å². The first-order valence-electron chi connectivity index (χ1n) is 5.80. The van der Waals surface area contributed by atoms with Crippen LogP contribution in [0.15, 0.2) is 42.0 Å². The van der Waals surface area contributed by atoms with E-state index in [1.54, 1.807) is 7.11 Å². The first-order chi connectivity index (χ1) is 8.69. The third kappa shape index (κ3) is 4.45. The number of esters is 1. The van der Waals surface area contributed by atoms with Gasteiger partial charge in [-0.15, -0.1) is 0 Å². The summed E-state index contributed by atoms with van der Waals surface area (Å²) in [6, 6.07) is 7.71. The largest absolute Gasteiger partial charge is 0.497 e. The molecule has 1 aromatic carbocycles. The van der Waals surface area contributed by atoms with E-state index in [9.17, 15) is 4.79 Å². The maximum atomic E-state index is 11.1. The van der Waals surface area contributed by atoms with Crippen molar-refractivity contribution >= 4 is 12.0 Å². The van der Waals surface area contributed by atoms with Crippen molar-refractivity contribution in [3.8, 4) is 5.75 Å². The summed E-state index contributed by atoms with van der Waals surface area (Å²) in [5.41, 5.74) is 1.98. The fourth-order valence-corrected chi connectivity index (χ4v) is 1.40. The Labute approximate surface area is 108 Å². The summed E-state index contributed by atoms with van der Waals surface area (Å²) in [7, 11) is 3.01. The predicted molar refractivity (Wildman–Crippen MR) is 72.4 cm³/mol. The van der Waals surface area contributed by atoms with Gasteiger partial charge in [0.25, 0.3) is 0 Å². The number of allylic oxidation sites excluding steroid dienone is 2. The average molecular weight is 246 g/mol. The van der Waals surface area contributed by atoms with Gasteiger partial charge in [0, 0.05) is 6.08 Å². The molecule has 0 heterocycles. The van der Waals surface area contributed by atoms with Crippen LogP contribution in [-0.2, 0) is 9.53 Å². The van der Waals surface area contributed by atoms with Crippen molar-refractivity contribution in [3.05, 3.63) is 47.6 Å². The lowest BCUT2D eigenvalue weighted by atomic mass is 10.1. The molecule has 0 unspecified atom stereocenters. The van der Waals surface area contributed by atoms with Crippen molar-refractivity contribution in [2.75, 3.05) is 14.2 Å². The molecule has 0 amide bonds. The lowest BCUT2D eigenvalue weighted by molar-refractivity contribution is -0.134. The van der Waals surface area contributed by atoms with Crippen LogP contribution in [0.4, 0.5) is 0 Å². The third-order valence-corrected chi connectivity index (χ3v) is 2.52. The Kier molecular flexibility index (Phi) is 5.71. The lowest BCUT2D eigenvalue weighted by Gasteiger charge is -2.00. The predicted octanol–water partition coefficient (Wildman–Crippen LogP) is 3.22. The van der Waals surface area contributed by atoms with E-state index in [0.29, 0.717) is 0 Å². The fourth-order valence-electron chi connectivity index (χ4n) is 1.40. The standard InChI is InChI=1S/C15H18O3/c1-4-12(11-15(16)18-3)5-6-13-7-9-14(17-2)10-8-13/h5-11H,4H2,1-3H3/b6-5+,12-11+. The van der Waals surface area contributed by atoms with Gasteiger partial charge in [-0.25, -0.2) is 4.79 Å². The summed E-state index contributed by atoms with van der Waals surface area (Å²) < 4.78 is 9.69. The Morgan fingerprint density at radius 3 is 2.39 bits per heavy atom. The third-order valence-electron chi connectivity index (χ3n) is 2.52. The minimum absolute atomic E-state index is 0.328. The molecular formula is C15H18O3. The molecule has 0 fully saturated rings. The highest BCUT2D eigenvalue weighted by Crippen LogP contribution is 2.14. The molecule has 0 saturated carbocycles. The number of rotatable bonds is 5. The summed E-state index contributed by atoms with van der Waals surface area (Å²) in [6.07, 6.45) is 6.15. The SMILES string of the molecule is CCC(/C=C/c1ccc(OC)cc1)=C\C(=O)OC. The summed E-state index contributed by atoms with van der Waals surface area (Å²) in [6.45, 7) is 1.99. The van der Waals surface area contributed by atoms with Crippen LogP contribution >= 0.6 is 0 Å². The molecule has 3 heteroatoms. The van der Waals surface area contributed by atoms with Gasteiger partial charge in [-0.2, -0.15) is 0 Å². The van der Waals surface area contributed by atoms with Gasteiger partial charge in [0.05, 0.1) is 14.2 Å². The highest BCUT2D eigenvalue weighted by Gasteiger charge is 1.96. The zero-order valence-electron chi connectivity index (χ0n) is 11.0. The second-order valence-corrected chi connectivity index (χ2v) is 3.70. The van der Waals surface area contributed by atoms with Crippen LogP contribution in [-0.4, -0.2) is 20.2 Å². The molecule has 0 aliphatic carbocycles. The molecule has 0 N–H and O–H groups in total. The zero-order chi connectivity index (χ0) is 13.4. The highest BCUT2D eigenvalue weighted by atomic mass is 16.5. The molecule has 0 aromatic heterocycles. The van der Waals surface area contributed by atoms with E-state index in [4.69, 9.17) is 4.74 Å². The van der Waals surface area contributed by atoms with Crippen LogP contribution in [0, 0.1) is 0 Å². The van der Waals surface area contributed by atoms with E-state index < -0.39 is 0 Å². The van der Waals surface area contributed by atoms with Gasteiger partial charge >= 0.3 is 5.97 Å². The van der Waals surface area contributed by atoms with Crippen molar-refractivity contribution in [2.24, 2.45) is 0 Å². The molecular weight excluding hydrogens is 228 g/mol. The Morgan fingerprint density at radius 2 is 1.89 bits per heavy atom. The smallest absolute Gasteiger partial charge is 0.330 e. The number of hydrogen-bond donors (Lipinski definition) is 0. The van der Waals surface area contributed by atoms with Gasteiger partial charge in [0.1, 0.15) is 5.75 Å².